The first-order valence-corrected chi connectivity index (χ1v) is 4.17. The summed E-state index contributed by atoms with van der Waals surface area (Å²) in [7, 11) is 1.43. The van der Waals surface area contributed by atoms with Gasteiger partial charge in [-0.15, -0.1) is 0 Å². The molecular weight excluding hydrogens is 196 g/mol. The molecule has 0 atom stereocenters. The summed E-state index contributed by atoms with van der Waals surface area (Å²) in [6, 6.07) is 4.93. The van der Waals surface area contributed by atoms with E-state index in [2.05, 4.69) is 0 Å². The highest BCUT2D eigenvalue weighted by Gasteiger charge is 2.13. The number of ether oxygens (including phenoxy) is 1. The Kier molecular flexibility index (Phi) is 3.13. The molecule has 5 heteroatoms. The lowest BCUT2D eigenvalue weighted by Crippen LogP contribution is -2.07. The van der Waals surface area contributed by atoms with Gasteiger partial charge in [-0.25, -0.2) is 0 Å². The molecule has 3 N–H and O–H groups in total. The van der Waals surface area contributed by atoms with E-state index in [-0.39, 0.29) is 17.7 Å². The lowest BCUT2D eigenvalue weighted by molar-refractivity contribution is -0.136. The molecule has 0 aliphatic rings. The van der Waals surface area contributed by atoms with Gasteiger partial charge in [-0.3, -0.25) is 4.79 Å². The summed E-state index contributed by atoms with van der Waals surface area (Å²) in [4.78, 5) is 10.6. The topological polar surface area (TPSA) is 96.3 Å². The number of aliphatic carboxylic acids is 1. The van der Waals surface area contributed by atoms with Crippen LogP contribution in [0.15, 0.2) is 12.1 Å². The number of benzene rings is 1. The lowest BCUT2D eigenvalue weighted by atomic mass is 10.0. The van der Waals surface area contributed by atoms with Crippen molar-refractivity contribution >= 4 is 11.7 Å². The Hall–Kier alpha value is -2.22. The summed E-state index contributed by atoms with van der Waals surface area (Å²) in [5.74, 6) is -0.656. The van der Waals surface area contributed by atoms with Crippen LogP contribution in [-0.4, -0.2) is 18.2 Å². The largest absolute Gasteiger partial charge is 0.495 e. The van der Waals surface area contributed by atoms with Crippen LogP contribution >= 0.6 is 0 Å². The molecule has 0 unspecified atom stereocenters. The molecule has 0 spiro atoms. The SMILES string of the molecule is COc1ccc(C#N)c(CC(=O)O)c1N. The monoisotopic (exact) mass is 206 g/mol. The molecule has 0 heterocycles. The summed E-state index contributed by atoms with van der Waals surface area (Å²) < 4.78 is 4.94. The average Bonchev–Trinajstić information content (AvgIpc) is 2.20. The third kappa shape index (κ3) is 2.17. The number of carboxylic acid groups (broad SMARTS) is 1. The lowest BCUT2D eigenvalue weighted by Gasteiger charge is -2.09. The van der Waals surface area contributed by atoms with Gasteiger partial charge in [0.25, 0.3) is 0 Å². The fraction of sp³-hybridized carbons (Fsp3) is 0.200. The van der Waals surface area contributed by atoms with Crippen molar-refractivity contribution in [2.24, 2.45) is 0 Å². The van der Waals surface area contributed by atoms with Crippen LogP contribution in [0, 0.1) is 11.3 Å². The molecule has 0 aromatic heterocycles. The minimum atomic E-state index is -1.04. The van der Waals surface area contributed by atoms with E-state index in [9.17, 15) is 4.79 Å². The molecule has 1 aromatic rings. The zero-order valence-electron chi connectivity index (χ0n) is 8.15. The second kappa shape index (κ2) is 4.33. The fourth-order valence-electron chi connectivity index (χ4n) is 1.27. The van der Waals surface area contributed by atoms with Crippen LogP contribution in [0.2, 0.25) is 0 Å². The predicted molar refractivity (Wildman–Crippen MR) is 53.5 cm³/mol. The molecular formula is C10H10N2O3. The van der Waals surface area contributed by atoms with Crippen molar-refractivity contribution in [3.63, 3.8) is 0 Å². The Morgan fingerprint density at radius 2 is 2.33 bits per heavy atom. The maximum Gasteiger partial charge on any atom is 0.307 e. The van der Waals surface area contributed by atoms with Crippen molar-refractivity contribution in [1.29, 1.82) is 5.26 Å². The number of methoxy groups -OCH3 is 1. The van der Waals surface area contributed by atoms with Gasteiger partial charge in [-0.1, -0.05) is 0 Å². The summed E-state index contributed by atoms with van der Waals surface area (Å²) in [6.07, 6.45) is -0.286. The van der Waals surface area contributed by atoms with Crippen LogP contribution in [0.4, 0.5) is 5.69 Å². The number of nitrogens with zero attached hydrogens (tertiary/aromatic N) is 1. The highest BCUT2D eigenvalue weighted by atomic mass is 16.5. The molecule has 1 rings (SSSR count). The van der Waals surface area contributed by atoms with Crippen LogP contribution in [0.1, 0.15) is 11.1 Å². The van der Waals surface area contributed by atoms with Gasteiger partial charge in [0, 0.05) is 5.56 Å². The van der Waals surface area contributed by atoms with Gasteiger partial charge in [-0.05, 0) is 12.1 Å². The molecule has 0 amide bonds. The third-order valence-corrected chi connectivity index (χ3v) is 1.99. The Balaban J connectivity index is 3.30. The summed E-state index contributed by atoms with van der Waals surface area (Å²) >= 11 is 0. The van der Waals surface area contributed by atoms with Crippen LogP contribution in [0.3, 0.4) is 0 Å². The fourth-order valence-corrected chi connectivity index (χ4v) is 1.27. The number of rotatable bonds is 3. The smallest absolute Gasteiger partial charge is 0.307 e. The van der Waals surface area contributed by atoms with E-state index < -0.39 is 5.97 Å². The molecule has 0 saturated carbocycles. The first-order valence-electron chi connectivity index (χ1n) is 4.17. The Labute approximate surface area is 86.7 Å². The minimum absolute atomic E-state index is 0.207. The normalized spacial score (nSPS) is 9.33. The highest BCUT2D eigenvalue weighted by Crippen LogP contribution is 2.28. The average molecular weight is 206 g/mol. The Bertz CT molecular complexity index is 435. The number of nitriles is 1. The molecule has 0 aliphatic carbocycles. The summed E-state index contributed by atoms with van der Waals surface area (Å²) in [6.45, 7) is 0. The van der Waals surface area contributed by atoms with E-state index in [1.54, 1.807) is 6.07 Å². The highest BCUT2D eigenvalue weighted by molar-refractivity contribution is 5.76. The number of hydrogen-bond acceptors (Lipinski definition) is 4. The van der Waals surface area contributed by atoms with Crippen molar-refractivity contribution in [2.75, 3.05) is 12.8 Å². The zero-order chi connectivity index (χ0) is 11.4. The van der Waals surface area contributed by atoms with Crippen LogP contribution < -0.4 is 10.5 Å². The Morgan fingerprint density at radius 3 is 2.80 bits per heavy atom. The van der Waals surface area contributed by atoms with E-state index in [0.29, 0.717) is 11.3 Å². The standard InChI is InChI=1S/C10H10N2O3/c1-15-8-3-2-6(5-11)7(10(8)12)4-9(13)14/h2-3H,4,12H2,1H3,(H,13,14). The van der Waals surface area contributed by atoms with E-state index >= 15 is 0 Å². The van der Waals surface area contributed by atoms with Gasteiger partial charge in [0.15, 0.2) is 0 Å². The number of nitrogen functional groups attached to an aromatic ring is 1. The first-order chi connectivity index (χ1) is 7.10. The maximum atomic E-state index is 10.6. The second-order valence-corrected chi connectivity index (χ2v) is 2.89. The van der Waals surface area contributed by atoms with Crippen LogP contribution in [-0.2, 0) is 11.2 Å². The summed E-state index contributed by atoms with van der Waals surface area (Å²) in [5, 5.41) is 17.4. The molecule has 0 aliphatic heterocycles. The predicted octanol–water partition coefficient (Wildman–Crippen LogP) is 0.776. The van der Waals surface area contributed by atoms with Crippen LogP contribution in [0.5, 0.6) is 5.75 Å². The molecule has 15 heavy (non-hydrogen) atoms. The minimum Gasteiger partial charge on any atom is -0.495 e. The van der Waals surface area contributed by atoms with Crippen molar-refractivity contribution in [3.05, 3.63) is 23.3 Å². The molecule has 78 valence electrons. The van der Waals surface area contributed by atoms with Gasteiger partial charge >= 0.3 is 5.97 Å². The number of carboxylic acids is 1. The molecule has 5 nitrogen and oxygen atoms in total. The molecule has 1 aromatic carbocycles. The van der Waals surface area contributed by atoms with E-state index in [1.807, 2.05) is 6.07 Å². The van der Waals surface area contributed by atoms with E-state index in [1.165, 1.54) is 13.2 Å². The second-order valence-electron chi connectivity index (χ2n) is 2.89. The third-order valence-electron chi connectivity index (χ3n) is 1.99. The molecule has 0 radical (unpaired) electrons. The number of anilines is 1. The van der Waals surface area contributed by atoms with Gasteiger partial charge < -0.3 is 15.6 Å². The van der Waals surface area contributed by atoms with Crippen molar-refractivity contribution < 1.29 is 14.6 Å². The number of hydrogen-bond donors (Lipinski definition) is 2. The number of nitrogens with two attached hydrogens (primary N) is 1. The van der Waals surface area contributed by atoms with Gasteiger partial charge in [0.05, 0.1) is 30.9 Å². The van der Waals surface area contributed by atoms with Crippen molar-refractivity contribution in [3.8, 4) is 11.8 Å². The first kappa shape index (κ1) is 10.9. The van der Waals surface area contributed by atoms with Crippen LogP contribution in [0.25, 0.3) is 0 Å². The Morgan fingerprint density at radius 1 is 1.67 bits per heavy atom. The molecule has 0 bridgehead atoms. The van der Waals surface area contributed by atoms with Gasteiger partial charge in [0.1, 0.15) is 5.75 Å². The number of carbonyl (C=O) groups is 1. The van der Waals surface area contributed by atoms with Gasteiger partial charge in [-0.2, -0.15) is 5.26 Å². The summed E-state index contributed by atoms with van der Waals surface area (Å²) in [5.41, 5.74) is 6.44. The molecule has 0 fully saturated rings. The molecule has 0 saturated heterocycles. The van der Waals surface area contributed by atoms with E-state index in [0.717, 1.165) is 0 Å². The van der Waals surface area contributed by atoms with Crippen molar-refractivity contribution in [1.82, 2.24) is 0 Å². The zero-order valence-corrected chi connectivity index (χ0v) is 8.15. The quantitative estimate of drug-likeness (QED) is 0.712. The van der Waals surface area contributed by atoms with Crippen molar-refractivity contribution in [2.45, 2.75) is 6.42 Å². The van der Waals surface area contributed by atoms with E-state index in [4.69, 9.17) is 20.8 Å². The maximum absolute atomic E-state index is 10.6. The van der Waals surface area contributed by atoms with Gasteiger partial charge in [0.2, 0.25) is 0 Å².